The molecule has 1 aliphatic heterocycles. The number of aryl methyl sites for hydroxylation is 2. The fourth-order valence-electron chi connectivity index (χ4n) is 7.11. The number of amides is 1. The zero-order valence-corrected chi connectivity index (χ0v) is 17.2. The summed E-state index contributed by atoms with van der Waals surface area (Å²) < 4.78 is 4.01. The maximum atomic E-state index is 13.4. The minimum atomic E-state index is -0.0585. The van der Waals surface area contributed by atoms with Gasteiger partial charge in [0.25, 0.3) is 0 Å². The lowest BCUT2D eigenvalue weighted by Gasteiger charge is -2.55. The van der Waals surface area contributed by atoms with Crippen molar-refractivity contribution in [2.45, 2.75) is 70.4 Å². The van der Waals surface area contributed by atoms with Gasteiger partial charge in [0.1, 0.15) is 5.82 Å². The van der Waals surface area contributed by atoms with E-state index in [1.165, 1.54) is 19.3 Å². The van der Waals surface area contributed by atoms with Crippen molar-refractivity contribution in [3.8, 4) is 11.4 Å². The number of rotatable bonds is 3. The van der Waals surface area contributed by atoms with Gasteiger partial charge in [0, 0.05) is 37.7 Å². The third-order valence-electron chi connectivity index (χ3n) is 8.06. The van der Waals surface area contributed by atoms with E-state index in [9.17, 15) is 4.79 Å². The topological polar surface area (TPSA) is 77.6 Å². The Labute approximate surface area is 171 Å². The van der Waals surface area contributed by atoms with Crippen LogP contribution in [0.1, 0.15) is 57.2 Å². The van der Waals surface area contributed by atoms with Crippen molar-refractivity contribution in [2.75, 3.05) is 0 Å². The summed E-state index contributed by atoms with van der Waals surface area (Å²) in [5, 5.41) is 16.6. The quantitative estimate of drug-likeness (QED) is 0.868. The van der Waals surface area contributed by atoms with E-state index in [1.54, 1.807) is 4.68 Å². The van der Waals surface area contributed by atoms with Gasteiger partial charge in [0.05, 0.1) is 11.8 Å². The molecule has 4 fully saturated rings. The number of aromatic nitrogens is 5. The Morgan fingerprint density at radius 1 is 1.10 bits per heavy atom. The predicted octanol–water partition coefficient (Wildman–Crippen LogP) is 2.72. The van der Waals surface area contributed by atoms with Crippen LogP contribution in [0.2, 0.25) is 0 Å². The summed E-state index contributed by atoms with van der Waals surface area (Å²) in [6.45, 7) is 0.846. The molecule has 1 amide bonds. The van der Waals surface area contributed by atoms with Crippen molar-refractivity contribution in [3.05, 3.63) is 18.2 Å². The van der Waals surface area contributed by atoms with Gasteiger partial charge >= 0.3 is 0 Å². The second kappa shape index (κ2) is 6.41. The average Bonchev–Trinajstić information content (AvgIpc) is 3.23. The van der Waals surface area contributed by atoms with Gasteiger partial charge in [-0.15, -0.1) is 10.2 Å². The van der Waals surface area contributed by atoms with Crippen molar-refractivity contribution in [2.24, 2.45) is 30.2 Å². The van der Waals surface area contributed by atoms with E-state index >= 15 is 0 Å². The number of carbonyl (C=O) groups is 1. The van der Waals surface area contributed by atoms with Crippen LogP contribution < -0.4 is 5.32 Å². The van der Waals surface area contributed by atoms with E-state index in [2.05, 4.69) is 25.2 Å². The molecule has 154 valence electrons. The summed E-state index contributed by atoms with van der Waals surface area (Å²) in [6.07, 6.45) is 14.1. The molecular weight excluding hydrogens is 364 g/mol. The van der Waals surface area contributed by atoms with Gasteiger partial charge in [-0.2, -0.15) is 5.10 Å². The molecule has 1 unspecified atom stereocenters. The van der Waals surface area contributed by atoms with E-state index in [1.807, 2.05) is 19.4 Å². The third kappa shape index (κ3) is 2.92. The van der Waals surface area contributed by atoms with Gasteiger partial charge in [0.2, 0.25) is 5.91 Å². The van der Waals surface area contributed by atoms with Crippen LogP contribution in [0.25, 0.3) is 11.4 Å². The first-order valence-corrected chi connectivity index (χ1v) is 11.3. The van der Waals surface area contributed by atoms with Crippen LogP contribution in [-0.4, -0.2) is 36.5 Å². The first-order valence-electron chi connectivity index (χ1n) is 11.3. The molecule has 29 heavy (non-hydrogen) atoms. The lowest BCUT2D eigenvalue weighted by molar-refractivity contribution is -0.147. The molecule has 7 rings (SSSR count). The standard InChI is InChI=1S/C22H30N6O/c1-27-13-17(12-23-27)20-26-25-19-3-2-18(4-5-28(19)20)24-21(29)22-9-14-6-15(10-22)8-16(7-14)11-22/h12-16,18H,2-11H2,1H3,(H,24,29). The first kappa shape index (κ1) is 17.7. The summed E-state index contributed by atoms with van der Waals surface area (Å²) >= 11 is 0. The first-order chi connectivity index (χ1) is 14.1. The number of fused-ring (bicyclic) bond motifs is 1. The van der Waals surface area contributed by atoms with Crippen molar-refractivity contribution in [3.63, 3.8) is 0 Å². The van der Waals surface area contributed by atoms with Gasteiger partial charge in [-0.1, -0.05) is 0 Å². The highest BCUT2D eigenvalue weighted by Crippen LogP contribution is 2.60. The van der Waals surface area contributed by atoms with E-state index in [4.69, 9.17) is 0 Å². The summed E-state index contributed by atoms with van der Waals surface area (Å²) in [5.74, 6) is 4.68. The van der Waals surface area contributed by atoms with E-state index < -0.39 is 0 Å². The van der Waals surface area contributed by atoms with Crippen LogP contribution in [-0.2, 0) is 24.8 Å². The second-order valence-corrected chi connectivity index (χ2v) is 10.2. The second-order valence-electron chi connectivity index (χ2n) is 10.2. The van der Waals surface area contributed by atoms with Crippen LogP contribution in [0.5, 0.6) is 0 Å². The van der Waals surface area contributed by atoms with E-state index in [-0.39, 0.29) is 11.5 Å². The Morgan fingerprint density at radius 2 is 1.83 bits per heavy atom. The van der Waals surface area contributed by atoms with Crippen molar-refractivity contribution < 1.29 is 4.79 Å². The molecule has 2 aromatic heterocycles. The van der Waals surface area contributed by atoms with E-state index in [0.29, 0.717) is 5.91 Å². The molecule has 4 bridgehead atoms. The summed E-state index contributed by atoms with van der Waals surface area (Å²) in [4.78, 5) is 13.4. The Morgan fingerprint density at radius 3 is 2.48 bits per heavy atom. The Bertz CT molecular complexity index is 908. The van der Waals surface area contributed by atoms with Crippen LogP contribution >= 0.6 is 0 Å². The lowest BCUT2D eigenvalue weighted by Crippen LogP contribution is -2.55. The molecule has 1 N–H and O–H groups in total. The molecule has 2 aromatic rings. The van der Waals surface area contributed by atoms with Crippen LogP contribution in [0.3, 0.4) is 0 Å². The monoisotopic (exact) mass is 394 g/mol. The van der Waals surface area contributed by atoms with Crippen LogP contribution in [0.4, 0.5) is 0 Å². The Balaban J connectivity index is 1.16. The molecule has 1 atom stereocenters. The Hall–Kier alpha value is -2.18. The highest BCUT2D eigenvalue weighted by molar-refractivity contribution is 5.83. The zero-order valence-electron chi connectivity index (χ0n) is 17.2. The van der Waals surface area contributed by atoms with Gasteiger partial charge in [-0.25, -0.2) is 0 Å². The molecule has 0 saturated heterocycles. The third-order valence-corrected chi connectivity index (χ3v) is 8.06. The molecule has 7 heteroatoms. The molecule has 4 saturated carbocycles. The zero-order chi connectivity index (χ0) is 19.6. The summed E-state index contributed by atoms with van der Waals surface area (Å²) in [7, 11) is 1.92. The van der Waals surface area contributed by atoms with E-state index in [0.717, 1.165) is 80.0 Å². The normalized spacial score (nSPS) is 35.3. The minimum Gasteiger partial charge on any atom is -0.353 e. The number of nitrogens with zero attached hydrogens (tertiary/aromatic N) is 5. The van der Waals surface area contributed by atoms with Crippen molar-refractivity contribution in [1.82, 2.24) is 29.9 Å². The molecule has 7 nitrogen and oxygen atoms in total. The van der Waals surface area contributed by atoms with Gasteiger partial charge in [-0.05, 0) is 69.1 Å². The number of nitrogens with one attached hydrogen (secondary N) is 1. The fraction of sp³-hybridized carbons (Fsp3) is 0.727. The maximum Gasteiger partial charge on any atom is 0.226 e. The molecule has 0 spiro atoms. The molecule has 0 radical (unpaired) electrons. The molecule has 3 heterocycles. The van der Waals surface area contributed by atoms with Gasteiger partial charge in [0.15, 0.2) is 5.82 Å². The smallest absolute Gasteiger partial charge is 0.226 e. The summed E-state index contributed by atoms with van der Waals surface area (Å²) in [5.41, 5.74) is 0.944. The summed E-state index contributed by atoms with van der Waals surface area (Å²) in [6, 6.07) is 0.235. The predicted molar refractivity (Wildman–Crippen MR) is 108 cm³/mol. The average molecular weight is 395 g/mol. The van der Waals surface area contributed by atoms with Crippen LogP contribution in [0.15, 0.2) is 12.4 Å². The molecular formula is C22H30N6O. The SMILES string of the molecule is Cn1cc(-c2nnc3n2CCC(NC(=O)C24CC5CC(CC(C5)C2)C4)CC3)cn1. The molecule has 5 aliphatic rings. The molecule has 0 aromatic carbocycles. The maximum absolute atomic E-state index is 13.4. The van der Waals surface area contributed by atoms with Crippen molar-refractivity contribution in [1.29, 1.82) is 0 Å². The highest BCUT2D eigenvalue weighted by atomic mass is 16.2. The molecule has 4 aliphatic carbocycles. The number of hydrogen-bond acceptors (Lipinski definition) is 4. The minimum absolute atomic E-state index is 0.0585. The number of hydrogen-bond donors (Lipinski definition) is 1. The number of carbonyl (C=O) groups excluding carboxylic acids is 1. The fourth-order valence-corrected chi connectivity index (χ4v) is 7.11. The Kier molecular flexibility index (Phi) is 3.90. The highest BCUT2D eigenvalue weighted by Gasteiger charge is 2.54. The van der Waals surface area contributed by atoms with Gasteiger partial charge in [-0.3, -0.25) is 9.48 Å². The van der Waals surface area contributed by atoms with Crippen molar-refractivity contribution >= 4 is 5.91 Å². The van der Waals surface area contributed by atoms with Gasteiger partial charge < -0.3 is 9.88 Å². The lowest BCUT2D eigenvalue weighted by atomic mass is 9.49. The van der Waals surface area contributed by atoms with Crippen LogP contribution in [0, 0.1) is 23.2 Å². The largest absolute Gasteiger partial charge is 0.353 e.